The molecule has 1 saturated heterocycles. The van der Waals surface area contributed by atoms with E-state index in [9.17, 15) is 4.79 Å². The fraction of sp³-hybridized carbons (Fsp3) is 0.571. The number of H-pyrrole nitrogens is 1. The van der Waals surface area contributed by atoms with Gasteiger partial charge in [0.25, 0.3) is 5.91 Å². The van der Waals surface area contributed by atoms with E-state index < -0.39 is 5.91 Å². The molecule has 6 heteroatoms. The summed E-state index contributed by atoms with van der Waals surface area (Å²) in [6.07, 6.45) is 1.87. The summed E-state index contributed by atoms with van der Waals surface area (Å²) in [6, 6.07) is 0. The van der Waals surface area contributed by atoms with Crippen LogP contribution >= 0.6 is 0 Å². The summed E-state index contributed by atoms with van der Waals surface area (Å²) in [4.78, 5) is 14.6. The molecule has 1 aliphatic heterocycles. The lowest BCUT2D eigenvalue weighted by molar-refractivity contribution is 0.0987. The Bertz CT molecular complexity index is 316. The van der Waals surface area contributed by atoms with Crippen molar-refractivity contribution in [3.05, 3.63) is 11.6 Å². The fourth-order valence-corrected chi connectivity index (χ4v) is 1.32. The molecule has 6 nitrogen and oxygen atoms in total. The molecule has 0 radical (unpaired) electrons. The normalized spacial score (nSPS) is 22.0. The zero-order valence-corrected chi connectivity index (χ0v) is 6.99. The highest BCUT2D eigenvalue weighted by Gasteiger charge is 2.22. The molecule has 1 amide bonds. The minimum absolute atomic E-state index is 0.0190. The Hall–Kier alpha value is -1.43. The third kappa shape index (κ3) is 1.52. The molecule has 1 aromatic rings. The Morgan fingerprint density at radius 3 is 3.08 bits per heavy atom. The van der Waals surface area contributed by atoms with Gasteiger partial charge in [0, 0.05) is 6.61 Å². The minimum Gasteiger partial charge on any atom is -0.370 e. The van der Waals surface area contributed by atoms with E-state index in [2.05, 4.69) is 15.2 Å². The van der Waals surface area contributed by atoms with Crippen LogP contribution in [0.4, 0.5) is 0 Å². The second kappa shape index (κ2) is 3.14. The van der Waals surface area contributed by atoms with Crippen molar-refractivity contribution in [2.75, 3.05) is 6.61 Å². The Morgan fingerprint density at radius 2 is 2.54 bits per heavy atom. The fourth-order valence-electron chi connectivity index (χ4n) is 1.32. The molecular weight excluding hydrogens is 172 g/mol. The van der Waals surface area contributed by atoms with E-state index in [1.54, 1.807) is 0 Å². The zero-order chi connectivity index (χ0) is 9.26. The van der Waals surface area contributed by atoms with Crippen LogP contribution in [0.3, 0.4) is 0 Å². The average Bonchev–Trinajstić information content (AvgIpc) is 2.75. The number of aromatic nitrogens is 3. The van der Waals surface area contributed by atoms with Crippen molar-refractivity contribution >= 4 is 5.91 Å². The molecule has 1 unspecified atom stereocenters. The molecule has 0 spiro atoms. The van der Waals surface area contributed by atoms with Gasteiger partial charge in [0.2, 0.25) is 5.82 Å². The number of primary amides is 1. The van der Waals surface area contributed by atoms with E-state index in [0.717, 1.165) is 19.4 Å². The van der Waals surface area contributed by atoms with Gasteiger partial charge in [-0.2, -0.15) is 0 Å². The Balaban J connectivity index is 2.16. The van der Waals surface area contributed by atoms with Gasteiger partial charge in [-0.25, -0.2) is 4.98 Å². The van der Waals surface area contributed by atoms with Crippen LogP contribution in [0.5, 0.6) is 0 Å². The van der Waals surface area contributed by atoms with Gasteiger partial charge in [-0.05, 0) is 12.8 Å². The third-order valence-corrected chi connectivity index (χ3v) is 1.96. The third-order valence-electron chi connectivity index (χ3n) is 1.96. The number of ether oxygens (including phenoxy) is 1. The monoisotopic (exact) mass is 182 g/mol. The highest BCUT2D eigenvalue weighted by Crippen LogP contribution is 2.25. The zero-order valence-electron chi connectivity index (χ0n) is 6.99. The maximum Gasteiger partial charge on any atom is 0.288 e. The van der Waals surface area contributed by atoms with Crippen molar-refractivity contribution in [1.29, 1.82) is 0 Å². The summed E-state index contributed by atoms with van der Waals surface area (Å²) >= 11 is 0. The van der Waals surface area contributed by atoms with Gasteiger partial charge in [0.05, 0.1) is 0 Å². The van der Waals surface area contributed by atoms with E-state index in [-0.39, 0.29) is 11.9 Å². The van der Waals surface area contributed by atoms with Crippen LogP contribution in [0.2, 0.25) is 0 Å². The molecule has 2 rings (SSSR count). The average molecular weight is 182 g/mol. The van der Waals surface area contributed by atoms with Crippen LogP contribution in [0, 0.1) is 0 Å². The van der Waals surface area contributed by atoms with Gasteiger partial charge in [-0.1, -0.05) is 0 Å². The van der Waals surface area contributed by atoms with Gasteiger partial charge in [-0.15, -0.1) is 5.10 Å². The van der Waals surface area contributed by atoms with Crippen molar-refractivity contribution in [3.63, 3.8) is 0 Å². The highest BCUT2D eigenvalue weighted by atomic mass is 16.5. The number of rotatable bonds is 2. The lowest BCUT2D eigenvalue weighted by Crippen LogP contribution is -2.13. The van der Waals surface area contributed by atoms with Crippen molar-refractivity contribution < 1.29 is 9.53 Å². The molecule has 0 saturated carbocycles. The lowest BCUT2D eigenvalue weighted by Gasteiger charge is -2.02. The smallest absolute Gasteiger partial charge is 0.288 e. The second-order valence-electron chi connectivity index (χ2n) is 2.91. The van der Waals surface area contributed by atoms with Gasteiger partial charge in [0.15, 0.2) is 5.82 Å². The van der Waals surface area contributed by atoms with Crippen LogP contribution in [0.25, 0.3) is 0 Å². The van der Waals surface area contributed by atoms with Gasteiger partial charge >= 0.3 is 0 Å². The molecule has 1 fully saturated rings. The lowest BCUT2D eigenvalue weighted by atomic mass is 10.2. The molecule has 0 aliphatic carbocycles. The number of carbonyl (C=O) groups excluding carboxylic acids is 1. The Labute approximate surface area is 74.5 Å². The summed E-state index contributed by atoms with van der Waals surface area (Å²) in [6.45, 7) is 0.733. The summed E-state index contributed by atoms with van der Waals surface area (Å²) < 4.78 is 5.35. The predicted molar refractivity (Wildman–Crippen MR) is 42.8 cm³/mol. The number of nitrogens with zero attached hydrogens (tertiary/aromatic N) is 2. The standard InChI is InChI=1S/C7H10N4O2/c8-5(12)7-9-6(10-11-7)4-2-1-3-13-4/h4H,1-3H2,(H2,8,12)(H,9,10,11). The summed E-state index contributed by atoms with van der Waals surface area (Å²) in [7, 11) is 0. The number of carbonyl (C=O) groups is 1. The molecule has 2 heterocycles. The molecule has 1 aliphatic rings. The molecule has 0 aromatic carbocycles. The maximum atomic E-state index is 10.7. The number of nitrogens with one attached hydrogen (secondary N) is 1. The highest BCUT2D eigenvalue weighted by molar-refractivity contribution is 5.88. The summed E-state index contributed by atoms with van der Waals surface area (Å²) in [5.41, 5.74) is 5.00. The van der Waals surface area contributed by atoms with Crippen molar-refractivity contribution in [1.82, 2.24) is 15.2 Å². The van der Waals surface area contributed by atoms with Gasteiger partial charge in [-0.3, -0.25) is 9.89 Å². The number of hydrogen-bond donors (Lipinski definition) is 2. The second-order valence-corrected chi connectivity index (χ2v) is 2.91. The van der Waals surface area contributed by atoms with Gasteiger partial charge in [0.1, 0.15) is 6.10 Å². The molecule has 1 aromatic heterocycles. The molecule has 1 atom stereocenters. The first-order valence-electron chi connectivity index (χ1n) is 4.11. The minimum atomic E-state index is -0.625. The Kier molecular flexibility index (Phi) is 1.97. The predicted octanol–water partition coefficient (Wildman–Crippen LogP) is -0.245. The van der Waals surface area contributed by atoms with Crippen molar-refractivity contribution in [2.24, 2.45) is 5.73 Å². The first-order chi connectivity index (χ1) is 6.27. The first-order valence-corrected chi connectivity index (χ1v) is 4.11. The number of hydrogen-bond acceptors (Lipinski definition) is 4. The molecular formula is C7H10N4O2. The van der Waals surface area contributed by atoms with Crippen LogP contribution in [0.15, 0.2) is 0 Å². The Morgan fingerprint density at radius 1 is 1.69 bits per heavy atom. The van der Waals surface area contributed by atoms with E-state index in [1.807, 2.05) is 0 Å². The molecule has 70 valence electrons. The number of aromatic amines is 1. The van der Waals surface area contributed by atoms with E-state index in [0.29, 0.717) is 5.82 Å². The molecule has 13 heavy (non-hydrogen) atoms. The van der Waals surface area contributed by atoms with Crippen LogP contribution in [-0.4, -0.2) is 27.7 Å². The quantitative estimate of drug-likeness (QED) is 0.659. The van der Waals surface area contributed by atoms with Crippen LogP contribution in [-0.2, 0) is 4.74 Å². The first kappa shape index (κ1) is 8.18. The van der Waals surface area contributed by atoms with Crippen LogP contribution in [0.1, 0.15) is 35.4 Å². The SMILES string of the molecule is NC(=O)c1n[nH]c(C2CCCO2)n1. The maximum absolute atomic E-state index is 10.7. The number of nitrogens with two attached hydrogens (primary N) is 1. The topological polar surface area (TPSA) is 93.9 Å². The van der Waals surface area contributed by atoms with E-state index in [1.165, 1.54) is 0 Å². The number of amides is 1. The molecule has 3 N–H and O–H groups in total. The largest absolute Gasteiger partial charge is 0.370 e. The van der Waals surface area contributed by atoms with Crippen molar-refractivity contribution in [3.8, 4) is 0 Å². The summed E-state index contributed by atoms with van der Waals surface area (Å²) in [5, 5.41) is 6.31. The van der Waals surface area contributed by atoms with Gasteiger partial charge < -0.3 is 10.5 Å². The van der Waals surface area contributed by atoms with E-state index >= 15 is 0 Å². The van der Waals surface area contributed by atoms with Crippen LogP contribution < -0.4 is 5.73 Å². The molecule has 0 bridgehead atoms. The van der Waals surface area contributed by atoms with Crippen molar-refractivity contribution in [2.45, 2.75) is 18.9 Å². The van der Waals surface area contributed by atoms with E-state index in [4.69, 9.17) is 10.5 Å². The summed E-state index contributed by atoms with van der Waals surface area (Å²) in [5.74, 6) is -0.0164.